The Morgan fingerprint density at radius 2 is 1.63 bits per heavy atom. The molecule has 5 rings (SSSR count). The molecular weight excluding hydrogens is 558 g/mol. The van der Waals surface area contributed by atoms with E-state index in [4.69, 9.17) is 21.1 Å². The molecular formula is C31H26ClN5O3S. The van der Waals surface area contributed by atoms with Gasteiger partial charge in [-0.05, 0) is 83.9 Å². The third-order valence-corrected chi connectivity index (χ3v) is 7.11. The molecule has 1 N–H and O–H groups in total. The first-order valence-electron chi connectivity index (χ1n) is 12.7. The van der Waals surface area contributed by atoms with Gasteiger partial charge in [0.2, 0.25) is 0 Å². The van der Waals surface area contributed by atoms with Crippen molar-refractivity contribution < 1.29 is 14.3 Å². The van der Waals surface area contributed by atoms with E-state index < -0.39 is 0 Å². The second-order valence-electron chi connectivity index (χ2n) is 8.77. The quantitative estimate of drug-likeness (QED) is 0.110. The van der Waals surface area contributed by atoms with E-state index in [0.717, 1.165) is 33.9 Å². The number of halogens is 1. The molecule has 4 aromatic carbocycles. The molecule has 0 aliphatic heterocycles. The van der Waals surface area contributed by atoms with Crippen LogP contribution in [0.2, 0.25) is 5.02 Å². The van der Waals surface area contributed by atoms with Gasteiger partial charge in [0.1, 0.15) is 18.1 Å². The topological polar surface area (TPSA) is 90.6 Å². The van der Waals surface area contributed by atoms with E-state index in [0.29, 0.717) is 22.6 Å². The van der Waals surface area contributed by atoms with E-state index in [2.05, 4.69) is 20.7 Å². The Kier molecular flexibility index (Phi) is 9.30. The highest BCUT2D eigenvalue weighted by Crippen LogP contribution is 2.29. The third kappa shape index (κ3) is 7.53. The number of thioether (sulfide) groups is 1. The fourth-order valence-corrected chi connectivity index (χ4v) is 4.72. The van der Waals surface area contributed by atoms with Gasteiger partial charge in [0.05, 0.1) is 19.1 Å². The minimum absolute atomic E-state index is 0.0952. The number of benzene rings is 4. The lowest BCUT2D eigenvalue weighted by Crippen LogP contribution is -2.20. The van der Waals surface area contributed by atoms with Crippen molar-refractivity contribution in [3.8, 4) is 28.6 Å². The number of aromatic nitrogens is 3. The summed E-state index contributed by atoms with van der Waals surface area (Å²) in [6.45, 7) is 0.495. The number of amides is 1. The summed E-state index contributed by atoms with van der Waals surface area (Å²) in [4.78, 5) is 12.6. The van der Waals surface area contributed by atoms with Gasteiger partial charge in [0, 0.05) is 16.3 Å². The maximum absolute atomic E-state index is 12.6. The Bertz CT molecular complexity index is 1610. The van der Waals surface area contributed by atoms with Crippen LogP contribution in [0.15, 0.2) is 113 Å². The molecule has 1 heterocycles. The standard InChI is InChI=1S/C31H26ClN5O3S/c1-39-27-17-9-24(10-18-27)30-35-36-31(37(30)26-13-11-25(32)12-14-26)41-21-29(38)34-33-19-22-7-15-28(16-8-22)40-20-23-5-3-2-4-6-23/h2-19H,20-21H2,1H3,(H,34,38)/b33-19-. The summed E-state index contributed by atoms with van der Waals surface area (Å²) < 4.78 is 13.0. The average molecular weight is 584 g/mol. The number of hydrogen-bond donors (Lipinski definition) is 1. The van der Waals surface area contributed by atoms with Gasteiger partial charge in [-0.2, -0.15) is 5.10 Å². The predicted molar refractivity (Wildman–Crippen MR) is 162 cm³/mol. The highest BCUT2D eigenvalue weighted by Gasteiger charge is 2.17. The molecule has 1 aromatic heterocycles. The number of hydrazone groups is 1. The summed E-state index contributed by atoms with van der Waals surface area (Å²) in [5, 5.41) is 14.0. The molecule has 0 saturated carbocycles. The predicted octanol–water partition coefficient (Wildman–Crippen LogP) is 6.42. The minimum atomic E-state index is -0.272. The zero-order valence-corrected chi connectivity index (χ0v) is 23.7. The van der Waals surface area contributed by atoms with Gasteiger partial charge in [0.15, 0.2) is 11.0 Å². The van der Waals surface area contributed by atoms with E-state index in [9.17, 15) is 4.79 Å². The van der Waals surface area contributed by atoms with Crippen LogP contribution in [-0.2, 0) is 11.4 Å². The number of nitrogens with one attached hydrogen (secondary N) is 1. The van der Waals surface area contributed by atoms with E-state index in [-0.39, 0.29) is 11.7 Å². The molecule has 0 saturated heterocycles. The minimum Gasteiger partial charge on any atom is -0.497 e. The Labute approximate surface area is 247 Å². The SMILES string of the molecule is COc1ccc(-c2nnc(SCC(=O)N/N=C\c3ccc(OCc4ccccc4)cc3)n2-c2ccc(Cl)cc2)cc1. The first-order chi connectivity index (χ1) is 20.1. The summed E-state index contributed by atoms with van der Waals surface area (Å²) in [5.74, 6) is 1.95. The summed E-state index contributed by atoms with van der Waals surface area (Å²) in [6.07, 6.45) is 1.58. The van der Waals surface area contributed by atoms with Crippen LogP contribution in [0.4, 0.5) is 0 Å². The zero-order chi connectivity index (χ0) is 28.4. The largest absolute Gasteiger partial charge is 0.497 e. The highest BCUT2D eigenvalue weighted by molar-refractivity contribution is 7.99. The van der Waals surface area contributed by atoms with Crippen LogP contribution in [-0.4, -0.2) is 39.7 Å². The second kappa shape index (κ2) is 13.6. The van der Waals surface area contributed by atoms with Crippen LogP contribution in [0.5, 0.6) is 11.5 Å². The number of rotatable bonds is 11. The van der Waals surface area contributed by atoms with E-state index >= 15 is 0 Å². The van der Waals surface area contributed by atoms with E-state index in [1.54, 1.807) is 25.5 Å². The van der Waals surface area contributed by atoms with Crippen molar-refractivity contribution >= 4 is 35.5 Å². The van der Waals surface area contributed by atoms with Gasteiger partial charge in [-0.25, -0.2) is 5.43 Å². The number of carbonyl (C=O) groups is 1. The van der Waals surface area contributed by atoms with Crippen LogP contribution in [0, 0.1) is 0 Å². The fourth-order valence-electron chi connectivity index (χ4n) is 3.85. The summed E-state index contributed by atoms with van der Waals surface area (Å²) in [7, 11) is 1.62. The molecule has 5 aromatic rings. The van der Waals surface area contributed by atoms with Gasteiger partial charge in [-0.3, -0.25) is 9.36 Å². The molecule has 41 heavy (non-hydrogen) atoms. The van der Waals surface area contributed by atoms with Crippen molar-refractivity contribution in [2.45, 2.75) is 11.8 Å². The van der Waals surface area contributed by atoms with Crippen molar-refractivity contribution in [1.82, 2.24) is 20.2 Å². The van der Waals surface area contributed by atoms with Crippen LogP contribution in [0.1, 0.15) is 11.1 Å². The lowest BCUT2D eigenvalue weighted by Gasteiger charge is -2.11. The molecule has 0 fully saturated rings. The second-order valence-corrected chi connectivity index (χ2v) is 10.2. The first kappa shape index (κ1) is 27.9. The smallest absolute Gasteiger partial charge is 0.250 e. The van der Waals surface area contributed by atoms with Crippen molar-refractivity contribution in [2.75, 3.05) is 12.9 Å². The number of methoxy groups -OCH3 is 1. The number of hydrogen-bond acceptors (Lipinski definition) is 7. The molecule has 0 atom stereocenters. The van der Waals surface area contributed by atoms with Crippen molar-refractivity contribution in [3.63, 3.8) is 0 Å². The number of carbonyl (C=O) groups excluding carboxylic acids is 1. The Morgan fingerprint density at radius 3 is 2.34 bits per heavy atom. The van der Waals surface area contributed by atoms with Crippen LogP contribution >= 0.6 is 23.4 Å². The molecule has 8 nitrogen and oxygen atoms in total. The van der Waals surface area contributed by atoms with Crippen LogP contribution in [0.25, 0.3) is 17.1 Å². The Morgan fingerprint density at radius 1 is 0.927 bits per heavy atom. The molecule has 10 heteroatoms. The van der Waals surface area contributed by atoms with Crippen molar-refractivity contribution in [1.29, 1.82) is 0 Å². The van der Waals surface area contributed by atoms with Crippen LogP contribution < -0.4 is 14.9 Å². The molecule has 0 spiro atoms. The first-order valence-corrected chi connectivity index (χ1v) is 14.0. The molecule has 0 bridgehead atoms. The maximum Gasteiger partial charge on any atom is 0.250 e. The molecule has 0 unspecified atom stereocenters. The van der Waals surface area contributed by atoms with E-state index in [1.165, 1.54) is 11.8 Å². The third-order valence-electron chi connectivity index (χ3n) is 5.93. The number of ether oxygens (including phenoxy) is 2. The monoisotopic (exact) mass is 583 g/mol. The van der Waals surface area contributed by atoms with Crippen LogP contribution in [0.3, 0.4) is 0 Å². The van der Waals surface area contributed by atoms with Crippen molar-refractivity contribution in [2.24, 2.45) is 5.10 Å². The Balaban J connectivity index is 1.20. The summed E-state index contributed by atoms with van der Waals surface area (Å²) in [6, 6.07) is 32.4. The van der Waals surface area contributed by atoms with E-state index in [1.807, 2.05) is 95.6 Å². The summed E-state index contributed by atoms with van der Waals surface area (Å²) in [5.41, 5.74) is 6.17. The highest BCUT2D eigenvalue weighted by atomic mass is 35.5. The average Bonchev–Trinajstić information content (AvgIpc) is 3.44. The molecule has 1 amide bonds. The normalized spacial score (nSPS) is 11.0. The Hall–Kier alpha value is -4.60. The number of nitrogens with zero attached hydrogens (tertiary/aromatic N) is 4. The van der Waals surface area contributed by atoms with Gasteiger partial charge >= 0.3 is 0 Å². The molecule has 0 aliphatic rings. The maximum atomic E-state index is 12.6. The zero-order valence-electron chi connectivity index (χ0n) is 22.1. The van der Waals surface area contributed by atoms with Crippen molar-refractivity contribution in [3.05, 3.63) is 119 Å². The molecule has 0 radical (unpaired) electrons. The van der Waals surface area contributed by atoms with Gasteiger partial charge in [0.25, 0.3) is 5.91 Å². The summed E-state index contributed by atoms with van der Waals surface area (Å²) >= 11 is 7.37. The lowest BCUT2D eigenvalue weighted by atomic mass is 10.2. The lowest BCUT2D eigenvalue weighted by molar-refractivity contribution is -0.118. The molecule has 206 valence electrons. The van der Waals surface area contributed by atoms with Gasteiger partial charge in [-0.1, -0.05) is 53.7 Å². The molecule has 0 aliphatic carbocycles. The van der Waals surface area contributed by atoms with Gasteiger partial charge in [-0.15, -0.1) is 10.2 Å². The fraction of sp³-hybridized carbons (Fsp3) is 0.0968. The van der Waals surface area contributed by atoms with Gasteiger partial charge < -0.3 is 9.47 Å².